The standard InChI is InChI=1S/C16H20N4OS/c1-11(2)20-10-17-19-16(20)22-14(12-6-4-3-5-7-12)15(21)18-13-8-9-13/h3-7,10-11,13-14H,8-9H2,1-2H3,(H,18,21)/t14-/m1/s1. The van der Waals surface area contributed by atoms with Crippen molar-refractivity contribution < 1.29 is 4.79 Å². The minimum atomic E-state index is -0.302. The molecule has 1 heterocycles. The minimum absolute atomic E-state index is 0.0528. The van der Waals surface area contributed by atoms with E-state index in [4.69, 9.17) is 0 Å². The molecule has 1 N–H and O–H groups in total. The molecule has 1 aromatic heterocycles. The normalized spacial score (nSPS) is 15.8. The van der Waals surface area contributed by atoms with Crippen LogP contribution in [0.1, 0.15) is 43.5 Å². The van der Waals surface area contributed by atoms with E-state index in [1.165, 1.54) is 11.8 Å². The van der Waals surface area contributed by atoms with Crippen LogP contribution < -0.4 is 5.32 Å². The average Bonchev–Trinajstić information content (AvgIpc) is 3.19. The molecule has 1 atom stereocenters. The van der Waals surface area contributed by atoms with Crippen LogP contribution in [0.3, 0.4) is 0 Å². The van der Waals surface area contributed by atoms with Gasteiger partial charge in [0.1, 0.15) is 11.6 Å². The van der Waals surface area contributed by atoms with Crippen LogP contribution in [-0.4, -0.2) is 26.7 Å². The lowest BCUT2D eigenvalue weighted by Gasteiger charge is -2.17. The van der Waals surface area contributed by atoms with E-state index in [0.29, 0.717) is 6.04 Å². The topological polar surface area (TPSA) is 59.8 Å². The van der Waals surface area contributed by atoms with Crippen LogP contribution >= 0.6 is 11.8 Å². The lowest BCUT2D eigenvalue weighted by molar-refractivity contribution is -0.120. The van der Waals surface area contributed by atoms with Gasteiger partial charge in [0, 0.05) is 12.1 Å². The van der Waals surface area contributed by atoms with Gasteiger partial charge in [-0.1, -0.05) is 42.1 Å². The van der Waals surface area contributed by atoms with Gasteiger partial charge >= 0.3 is 0 Å². The number of nitrogens with zero attached hydrogens (tertiary/aromatic N) is 3. The highest BCUT2D eigenvalue weighted by atomic mass is 32.2. The van der Waals surface area contributed by atoms with Gasteiger partial charge in [-0.25, -0.2) is 0 Å². The van der Waals surface area contributed by atoms with E-state index in [0.717, 1.165) is 23.6 Å². The summed E-state index contributed by atoms with van der Waals surface area (Å²) in [6.45, 7) is 4.16. The Balaban J connectivity index is 1.84. The van der Waals surface area contributed by atoms with Gasteiger partial charge < -0.3 is 9.88 Å². The molecule has 0 radical (unpaired) electrons. The SMILES string of the molecule is CC(C)n1cnnc1S[C@@H](C(=O)NC1CC1)c1ccccc1. The number of benzene rings is 1. The Morgan fingerprint density at radius 2 is 2.05 bits per heavy atom. The number of aromatic nitrogens is 3. The van der Waals surface area contributed by atoms with E-state index in [2.05, 4.69) is 29.4 Å². The summed E-state index contributed by atoms with van der Waals surface area (Å²) in [4.78, 5) is 12.6. The van der Waals surface area contributed by atoms with Gasteiger partial charge in [0.15, 0.2) is 5.16 Å². The van der Waals surface area contributed by atoms with E-state index in [-0.39, 0.29) is 17.2 Å². The zero-order chi connectivity index (χ0) is 15.5. The van der Waals surface area contributed by atoms with Crippen LogP contribution in [0.15, 0.2) is 41.8 Å². The summed E-state index contributed by atoms with van der Waals surface area (Å²) in [6, 6.07) is 10.5. The van der Waals surface area contributed by atoms with E-state index in [1.54, 1.807) is 6.33 Å². The molecule has 0 spiro atoms. The van der Waals surface area contributed by atoms with Crippen molar-refractivity contribution in [1.82, 2.24) is 20.1 Å². The van der Waals surface area contributed by atoms with Gasteiger partial charge in [-0.2, -0.15) is 0 Å². The number of hydrogen-bond acceptors (Lipinski definition) is 4. The van der Waals surface area contributed by atoms with Crippen molar-refractivity contribution in [3.05, 3.63) is 42.2 Å². The van der Waals surface area contributed by atoms with Gasteiger partial charge in [-0.15, -0.1) is 10.2 Å². The Labute approximate surface area is 134 Å². The van der Waals surface area contributed by atoms with Crippen LogP contribution in [0.25, 0.3) is 0 Å². The lowest BCUT2D eigenvalue weighted by Crippen LogP contribution is -2.30. The van der Waals surface area contributed by atoms with Crippen molar-refractivity contribution in [2.75, 3.05) is 0 Å². The van der Waals surface area contributed by atoms with Gasteiger partial charge in [0.05, 0.1) is 0 Å². The average molecular weight is 316 g/mol. The molecule has 1 amide bonds. The van der Waals surface area contributed by atoms with E-state index >= 15 is 0 Å². The number of nitrogens with one attached hydrogen (secondary N) is 1. The first-order chi connectivity index (χ1) is 10.6. The van der Waals surface area contributed by atoms with Crippen LogP contribution in [0.5, 0.6) is 0 Å². The first-order valence-electron chi connectivity index (χ1n) is 7.56. The zero-order valence-corrected chi connectivity index (χ0v) is 13.6. The van der Waals surface area contributed by atoms with Crippen molar-refractivity contribution in [3.8, 4) is 0 Å². The molecular weight excluding hydrogens is 296 g/mol. The largest absolute Gasteiger partial charge is 0.352 e. The highest BCUT2D eigenvalue weighted by Gasteiger charge is 2.30. The maximum Gasteiger partial charge on any atom is 0.238 e. The lowest BCUT2D eigenvalue weighted by atomic mass is 10.1. The quantitative estimate of drug-likeness (QED) is 0.832. The third kappa shape index (κ3) is 3.50. The minimum Gasteiger partial charge on any atom is -0.352 e. The van der Waals surface area contributed by atoms with E-state index < -0.39 is 0 Å². The molecule has 0 saturated heterocycles. The molecule has 3 rings (SSSR count). The van der Waals surface area contributed by atoms with Crippen LogP contribution in [0.4, 0.5) is 0 Å². The Hall–Kier alpha value is -1.82. The first-order valence-corrected chi connectivity index (χ1v) is 8.44. The molecule has 2 aromatic rings. The molecule has 22 heavy (non-hydrogen) atoms. The number of carbonyl (C=O) groups is 1. The second-order valence-corrected chi connectivity index (χ2v) is 6.88. The molecule has 1 aromatic carbocycles. The molecule has 116 valence electrons. The van der Waals surface area contributed by atoms with Crippen LogP contribution in [-0.2, 0) is 4.79 Å². The predicted octanol–water partition coefficient (Wildman–Crippen LogP) is 2.97. The van der Waals surface area contributed by atoms with Gasteiger partial charge in [0.25, 0.3) is 0 Å². The van der Waals surface area contributed by atoms with E-state index in [1.807, 2.05) is 34.9 Å². The number of rotatable bonds is 6. The third-order valence-corrected chi connectivity index (χ3v) is 4.81. The summed E-state index contributed by atoms with van der Waals surface area (Å²) < 4.78 is 1.99. The molecule has 6 heteroatoms. The monoisotopic (exact) mass is 316 g/mol. The molecule has 0 unspecified atom stereocenters. The molecular formula is C16H20N4OS. The summed E-state index contributed by atoms with van der Waals surface area (Å²) in [5.41, 5.74) is 0.990. The molecule has 0 bridgehead atoms. The zero-order valence-electron chi connectivity index (χ0n) is 12.8. The third-order valence-electron chi connectivity index (χ3n) is 3.58. The summed E-state index contributed by atoms with van der Waals surface area (Å²) in [5.74, 6) is 0.0528. The van der Waals surface area contributed by atoms with E-state index in [9.17, 15) is 4.79 Å². The molecule has 1 aliphatic rings. The summed E-state index contributed by atoms with van der Waals surface area (Å²) in [6.07, 6.45) is 3.88. The Bertz CT molecular complexity index is 637. The van der Waals surface area contributed by atoms with Gasteiger partial charge in [-0.05, 0) is 32.3 Å². The smallest absolute Gasteiger partial charge is 0.238 e. The fourth-order valence-electron chi connectivity index (χ4n) is 2.18. The Morgan fingerprint density at radius 3 is 2.68 bits per heavy atom. The fourth-order valence-corrected chi connectivity index (χ4v) is 3.33. The first kappa shape index (κ1) is 15.1. The van der Waals surface area contributed by atoms with Crippen molar-refractivity contribution in [1.29, 1.82) is 0 Å². The number of carbonyl (C=O) groups excluding carboxylic acids is 1. The van der Waals surface area contributed by atoms with Crippen molar-refractivity contribution in [2.45, 2.75) is 49.2 Å². The summed E-state index contributed by atoms with van der Waals surface area (Å²) >= 11 is 1.46. The maximum atomic E-state index is 12.6. The second kappa shape index (κ2) is 6.52. The van der Waals surface area contributed by atoms with Gasteiger partial charge in [0.2, 0.25) is 5.91 Å². The highest BCUT2D eigenvalue weighted by molar-refractivity contribution is 8.00. The summed E-state index contributed by atoms with van der Waals surface area (Å²) in [7, 11) is 0. The Morgan fingerprint density at radius 1 is 1.32 bits per heavy atom. The Kier molecular flexibility index (Phi) is 4.47. The molecule has 1 fully saturated rings. The number of thioether (sulfide) groups is 1. The predicted molar refractivity (Wildman–Crippen MR) is 86.6 cm³/mol. The van der Waals surface area contributed by atoms with Crippen molar-refractivity contribution in [2.24, 2.45) is 0 Å². The summed E-state index contributed by atoms with van der Waals surface area (Å²) in [5, 5.41) is 11.7. The van der Waals surface area contributed by atoms with Crippen molar-refractivity contribution in [3.63, 3.8) is 0 Å². The maximum absolute atomic E-state index is 12.6. The second-order valence-electron chi connectivity index (χ2n) is 5.81. The number of hydrogen-bond donors (Lipinski definition) is 1. The molecule has 0 aliphatic heterocycles. The van der Waals surface area contributed by atoms with Crippen molar-refractivity contribution >= 4 is 17.7 Å². The van der Waals surface area contributed by atoms with Gasteiger partial charge in [-0.3, -0.25) is 4.79 Å². The van der Waals surface area contributed by atoms with Crippen LogP contribution in [0, 0.1) is 0 Å². The fraction of sp³-hybridized carbons (Fsp3) is 0.438. The molecule has 1 saturated carbocycles. The molecule has 5 nitrogen and oxygen atoms in total. The van der Waals surface area contributed by atoms with Crippen LogP contribution in [0.2, 0.25) is 0 Å². The highest BCUT2D eigenvalue weighted by Crippen LogP contribution is 2.36. The molecule has 1 aliphatic carbocycles. The number of amides is 1.